The van der Waals surface area contributed by atoms with E-state index in [2.05, 4.69) is 4.98 Å². The Morgan fingerprint density at radius 2 is 2.00 bits per heavy atom. The van der Waals surface area contributed by atoms with Crippen LogP contribution in [0, 0.1) is 0 Å². The first-order chi connectivity index (χ1) is 8.96. The maximum Gasteiger partial charge on any atom is 0.317 e. The molecule has 0 spiro atoms. The number of esters is 1. The predicted molar refractivity (Wildman–Crippen MR) is 74.2 cm³/mol. The summed E-state index contributed by atoms with van der Waals surface area (Å²) in [6.07, 6.45) is 0. The highest BCUT2D eigenvalue weighted by Gasteiger charge is 2.33. The van der Waals surface area contributed by atoms with Gasteiger partial charge in [-0.15, -0.1) is 0 Å². The molecule has 1 N–H and O–H groups in total. The van der Waals surface area contributed by atoms with Crippen LogP contribution in [0.1, 0.15) is 26.5 Å². The summed E-state index contributed by atoms with van der Waals surface area (Å²) in [4.78, 5) is 26.6. The molecule has 2 rings (SSSR count). The van der Waals surface area contributed by atoms with Crippen molar-refractivity contribution in [1.82, 2.24) is 4.98 Å². The summed E-state index contributed by atoms with van der Waals surface area (Å²) in [6.45, 7) is 5.59. The van der Waals surface area contributed by atoms with E-state index in [4.69, 9.17) is 4.74 Å². The van der Waals surface area contributed by atoms with E-state index in [0.29, 0.717) is 12.3 Å². The molecule has 1 heterocycles. The number of carbonyl (C=O) groups excluding carboxylic acids is 1. The fraction of sp³-hybridized carbons (Fsp3) is 0.333. The lowest BCUT2D eigenvalue weighted by molar-refractivity contribution is -0.148. The molecule has 0 atom stereocenters. The van der Waals surface area contributed by atoms with Gasteiger partial charge in [0, 0.05) is 17.1 Å². The highest BCUT2D eigenvalue weighted by atomic mass is 16.5. The van der Waals surface area contributed by atoms with E-state index in [9.17, 15) is 9.59 Å². The second-order valence-corrected chi connectivity index (χ2v) is 4.94. The van der Waals surface area contributed by atoms with E-state index >= 15 is 0 Å². The fourth-order valence-electron chi connectivity index (χ4n) is 2.12. The Kier molecular flexibility index (Phi) is 3.42. The third-order valence-corrected chi connectivity index (χ3v) is 3.18. The van der Waals surface area contributed by atoms with Gasteiger partial charge in [-0.05, 0) is 26.2 Å². The number of hydrogen-bond donors (Lipinski definition) is 1. The smallest absolute Gasteiger partial charge is 0.317 e. The molecule has 0 fully saturated rings. The lowest BCUT2D eigenvalue weighted by atomic mass is 9.86. The molecule has 0 aliphatic heterocycles. The van der Waals surface area contributed by atoms with Crippen LogP contribution in [0.4, 0.5) is 0 Å². The van der Waals surface area contributed by atoms with Crippen molar-refractivity contribution in [1.29, 1.82) is 0 Å². The van der Waals surface area contributed by atoms with Crippen molar-refractivity contribution < 1.29 is 9.53 Å². The van der Waals surface area contributed by atoms with Gasteiger partial charge in [0.2, 0.25) is 5.56 Å². The minimum Gasteiger partial charge on any atom is -0.465 e. The summed E-state index contributed by atoms with van der Waals surface area (Å²) in [6, 6.07) is 9.02. The van der Waals surface area contributed by atoms with Gasteiger partial charge in [0.15, 0.2) is 0 Å². The van der Waals surface area contributed by atoms with E-state index in [1.54, 1.807) is 20.8 Å². The highest BCUT2D eigenvalue weighted by Crippen LogP contribution is 2.28. The van der Waals surface area contributed by atoms with Crippen molar-refractivity contribution in [3.63, 3.8) is 0 Å². The Labute approximate surface area is 111 Å². The van der Waals surface area contributed by atoms with Gasteiger partial charge in [-0.3, -0.25) is 9.59 Å². The third-order valence-electron chi connectivity index (χ3n) is 3.18. The molecular weight excluding hydrogens is 242 g/mol. The molecule has 1 aromatic heterocycles. The quantitative estimate of drug-likeness (QED) is 0.861. The minimum absolute atomic E-state index is 0.217. The summed E-state index contributed by atoms with van der Waals surface area (Å²) in [7, 11) is 0. The molecule has 0 aliphatic carbocycles. The molecule has 0 saturated carbocycles. The Bertz CT molecular complexity index is 670. The van der Waals surface area contributed by atoms with Crippen molar-refractivity contribution in [2.24, 2.45) is 0 Å². The lowest BCUT2D eigenvalue weighted by Crippen LogP contribution is -2.34. The molecule has 19 heavy (non-hydrogen) atoms. The van der Waals surface area contributed by atoms with Gasteiger partial charge < -0.3 is 9.72 Å². The summed E-state index contributed by atoms with van der Waals surface area (Å²) >= 11 is 0. The van der Waals surface area contributed by atoms with Crippen LogP contribution in [0.25, 0.3) is 10.8 Å². The molecule has 1 aromatic carbocycles. The molecule has 0 saturated heterocycles. The Morgan fingerprint density at radius 1 is 1.32 bits per heavy atom. The van der Waals surface area contributed by atoms with Crippen LogP contribution >= 0.6 is 0 Å². The number of nitrogens with one attached hydrogen (secondary N) is 1. The van der Waals surface area contributed by atoms with E-state index in [-0.39, 0.29) is 11.5 Å². The number of rotatable bonds is 3. The van der Waals surface area contributed by atoms with E-state index < -0.39 is 5.41 Å². The zero-order valence-corrected chi connectivity index (χ0v) is 11.3. The summed E-state index contributed by atoms with van der Waals surface area (Å²) < 4.78 is 5.09. The van der Waals surface area contributed by atoms with E-state index in [1.807, 2.05) is 24.3 Å². The summed E-state index contributed by atoms with van der Waals surface area (Å²) in [5.74, 6) is -0.345. The fourth-order valence-corrected chi connectivity index (χ4v) is 2.12. The lowest BCUT2D eigenvalue weighted by Gasteiger charge is -2.23. The second-order valence-electron chi connectivity index (χ2n) is 4.94. The van der Waals surface area contributed by atoms with E-state index in [0.717, 1.165) is 10.8 Å². The molecule has 0 amide bonds. The number of pyridine rings is 1. The van der Waals surface area contributed by atoms with Gasteiger partial charge in [-0.25, -0.2) is 0 Å². The van der Waals surface area contributed by atoms with Crippen molar-refractivity contribution in [2.45, 2.75) is 26.2 Å². The number of ether oxygens (including phenoxy) is 1. The zero-order chi connectivity index (χ0) is 14.0. The number of hydrogen-bond acceptors (Lipinski definition) is 3. The minimum atomic E-state index is -0.893. The van der Waals surface area contributed by atoms with Gasteiger partial charge in [0.25, 0.3) is 0 Å². The van der Waals surface area contributed by atoms with Crippen LogP contribution in [0.15, 0.2) is 35.1 Å². The normalized spacial score (nSPS) is 11.5. The molecule has 100 valence electrons. The number of aromatic amines is 1. The van der Waals surface area contributed by atoms with Gasteiger partial charge >= 0.3 is 5.97 Å². The second kappa shape index (κ2) is 4.88. The van der Waals surface area contributed by atoms with Crippen LogP contribution in [-0.2, 0) is 14.9 Å². The zero-order valence-electron chi connectivity index (χ0n) is 11.3. The van der Waals surface area contributed by atoms with Crippen molar-refractivity contribution in [3.8, 4) is 0 Å². The largest absolute Gasteiger partial charge is 0.465 e. The number of H-pyrrole nitrogens is 1. The predicted octanol–water partition coefficient (Wildman–Crippen LogP) is 2.37. The third kappa shape index (κ3) is 2.38. The Hall–Kier alpha value is -2.10. The van der Waals surface area contributed by atoms with Gasteiger partial charge in [-0.1, -0.05) is 24.3 Å². The van der Waals surface area contributed by atoms with Crippen molar-refractivity contribution >= 4 is 16.7 Å². The van der Waals surface area contributed by atoms with Gasteiger partial charge in [0.1, 0.15) is 5.41 Å². The van der Waals surface area contributed by atoms with Crippen LogP contribution in [0.3, 0.4) is 0 Å². The van der Waals surface area contributed by atoms with Crippen molar-refractivity contribution in [3.05, 3.63) is 46.4 Å². The maximum atomic E-state index is 12.1. The Morgan fingerprint density at radius 3 is 2.68 bits per heavy atom. The van der Waals surface area contributed by atoms with Gasteiger partial charge in [0.05, 0.1) is 6.61 Å². The molecular formula is C15H17NO3. The highest BCUT2D eigenvalue weighted by molar-refractivity contribution is 5.91. The Balaban J connectivity index is 2.67. The molecule has 0 bridgehead atoms. The molecule has 0 unspecified atom stereocenters. The molecule has 2 aromatic rings. The van der Waals surface area contributed by atoms with E-state index in [1.165, 1.54) is 6.07 Å². The van der Waals surface area contributed by atoms with Gasteiger partial charge in [-0.2, -0.15) is 0 Å². The maximum absolute atomic E-state index is 12.1. The first-order valence-corrected chi connectivity index (χ1v) is 6.26. The summed E-state index contributed by atoms with van der Waals surface area (Å²) in [5, 5.41) is 1.68. The number of aromatic nitrogens is 1. The SMILES string of the molecule is CCOC(=O)C(C)(C)c1[nH]c(=O)cc2ccccc12. The molecule has 0 radical (unpaired) electrons. The van der Waals surface area contributed by atoms with Crippen LogP contribution in [0.2, 0.25) is 0 Å². The van der Waals surface area contributed by atoms with Crippen LogP contribution in [-0.4, -0.2) is 17.6 Å². The topological polar surface area (TPSA) is 59.2 Å². The number of fused-ring (bicyclic) bond motifs is 1. The first kappa shape index (κ1) is 13.3. The average Bonchev–Trinajstić information content (AvgIpc) is 2.37. The first-order valence-electron chi connectivity index (χ1n) is 6.26. The standard InChI is InChI=1S/C15H17NO3/c1-4-19-14(18)15(2,3)13-11-8-6-5-7-10(11)9-12(17)16-13/h5-9H,4H2,1-3H3,(H,16,17). The number of benzene rings is 1. The molecule has 0 aliphatic rings. The monoisotopic (exact) mass is 259 g/mol. The molecule has 4 nitrogen and oxygen atoms in total. The average molecular weight is 259 g/mol. The summed E-state index contributed by atoms with van der Waals surface area (Å²) in [5.41, 5.74) is -0.518. The number of carbonyl (C=O) groups is 1. The van der Waals surface area contributed by atoms with Crippen molar-refractivity contribution in [2.75, 3.05) is 6.61 Å². The van der Waals surface area contributed by atoms with Crippen LogP contribution < -0.4 is 5.56 Å². The van der Waals surface area contributed by atoms with Crippen LogP contribution in [0.5, 0.6) is 0 Å². The molecule has 4 heteroatoms.